The number of benzene rings is 2. The lowest BCUT2D eigenvalue weighted by molar-refractivity contribution is 0.0104. The Balaban J connectivity index is 1.72. The zero-order valence-corrected chi connectivity index (χ0v) is 12.2. The second-order valence-corrected chi connectivity index (χ2v) is 5.44. The highest BCUT2D eigenvalue weighted by molar-refractivity contribution is 5.98. The van der Waals surface area contributed by atoms with Crippen molar-refractivity contribution in [2.24, 2.45) is 0 Å². The molecule has 0 aliphatic carbocycles. The van der Waals surface area contributed by atoms with E-state index in [4.69, 9.17) is 4.74 Å². The molecule has 1 aliphatic rings. The summed E-state index contributed by atoms with van der Waals surface area (Å²) in [6.07, 6.45) is 0.0770. The first kappa shape index (κ1) is 14.0. The molecule has 1 aliphatic heterocycles. The molecule has 1 amide bonds. The summed E-state index contributed by atoms with van der Waals surface area (Å²) in [5, 5.41) is 5.52. The number of nitrogens with zero attached hydrogens (tertiary/aromatic N) is 1. The number of hydrogen-bond acceptors (Lipinski definition) is 3. The van der Waals surface area contributed by atoms with Crippen molar-refractivity contribution in [3.05, 3.63) is 48.0 Å². The molecule has 110 valence electrons. The van der Waals surface area contributed by atoms with Crippen LogP contribution in [0.25, 0.3) is 10.8 Å². The summed E-state index contributed by atoms with van der Waals surface area (Å²) in [6, 6.07) is 13.9. The zero-order valence-electron chi connectivity index (χ0n) is 12.2. The molecule has 1 N–H and O–H groups in total. The van der Waals surface area contributed by atoms with Crippen LogP contribution in [0.2, 0.25) is 0 Å². The molecule has 1 unspecified atom stereocenters. The lowest BCUT2D eigenvalue weighted by atomic mass is 10.1. The van der Waals surface area contributed by atoms with Gasteiger partial charge < -0.3 is 15.0 Å². The van der Waals surface area contributed by atoms with Crippen LogP contribution in [-0.2, 0) is 4.74 Å². The van der Waals surface area contributed by atoms with E-state index in [0.29, 0.717) is 13.2 Å². The average molecular weight is 284 g/mol. The third-order valence-electron chi connectivity index (χ3n) is 3.83. The van der Waals surface area contributed by atoms with Crippen molar-refractivity contribution in [2.75, 3.05) is 33.3 Å². The Morgan fingerprint density at radius 2 is 2.10 bits per heavy atom. The predicted octanol–water partition coefficient (Wildman–Crippen LogP) is 1.90. The first-order valence-electron chi connectivity index (χ1n) is 7.30. The molecule has 1 fully saturated rings. The number of amides is 1. The van der Waals surface area contributed by atoms with E-state index in [1.807, 2.05) is 43.4 Å². The van der Waals surface area contributed by atoms with Gasteiger partial charge in [0.25, 0.3) is 5.91 Å². The smallest absolute Gasteiger partial charge is 0.253 e. The first-order valence-corrected chi connectivity index (χ1v) is 7.30. The largest absolute Gasteiger partial charge is 0.374 e. The van der Waals surface area contributed by atoms with E-state index >= 15 is 0 Å². The Morgan fingerprint density at radius 3 is 2.86 bits per heavy atom. The van der Waals surface area contributed by atoms with E-state index in [9.17, 15) is 4.79 Å². The van der Waals surface area contributed by atoms with Gasteiger partial charge in [0.2, 0.25) is 0 Å². The first-order chi connectivity index (χ1) is 10.2. The molecular weight excluding hydrogens is 264 g/mol. The Bertz CT molecular complexity index is 635. The van der Waals surface area contributed by atoms with Crippen LogP contribution < -0.4 is 5.32 Å². The molecule has 0 saturated carbocycles. The number of carbonyl (C=O) groups excluding carboxylic acids is 1. The topological polar surface area (TPSA) is 41.6 Å². The minimum absolute atomic E-state index is 0.0370. The van der Waals surface area contributed by atoms with Gasteiger partial charge in [-0.05, 0) is 22.9 Å². The highest BCUT2D eigenvalue weighted by Gasteiger charge is 2.19. The number of likely N-dealkylation sites (N-methyl/N-ethyl adjacent to an activating group) is 1. The molecule has 0 spiro atoms. The van der Waals surface area contributed by atoms with Gasteiger partial charge in [0.05, 0.1) is 12.7 Å². The summed E-state index contributed by atoms with van der Waals surface area (Å²) in [5.41, 5.74) is 0.722. The van der Waals surface area contributed by atoms with Crippen LogP contribution in [0.15, 0.2) is 42.5 Å². The normalized spacial score (nSPS) is 18.6. The number of ether oxygens (including phenoxy) is 1. The number of rotatable bonds is 3. The highest BCUT2D eigenvalue weighted by atomic mass is 16.5. The van der Waals surface area contributed by atoms with Gasteiger partial charge in [-0.15, -0.1) is 0 Å². The van der Waals surface area contributed by atoms with Gasteiger partial charge in [0.1, 0.15) is 0 Å². The lowest BCUT2D eigenvalue weighted by Gasteiger charge is -2.28. The summed E-state index contributed by atoms with van der Waals surface area (Å²) in [7, 11) is 1.83. The van der Waals surface area contributed by atoms with Crippen molar-refractivity contribution in [1.82, 2.24) is 10.2 Å². The maximum absolute atomic E-state index is 12.5. The third-order valence-corrected chi connectivity index (χ3v) is 3.83. The number of fused-ring (bicyclic) bond motifs is 1. The van der Waals surface area contributed by atoms with Crippen molar-refractivity contribution >= 4 is 16.7 Å². The van der Waals surface area contributed by atoms with E-state index in [-0.39, 0.29) is 12.0 Å². The molecule has 1 atom stereocenters. The molecule has 3 rings (SSSR count). The van der Waals surface area contributed by atoms with E-state index in [1.165, 1.54) is 0 Å². The maximum Gasteiger partial charge on any atom is 0.253 e. The number of nitrogens with one attached hydrogen (secondary N) is 1. The summed E-state index contributed by atoms with van der Waals surface area (Å²) < 4.78 is 5.65. The van der Waals surface area contributed by atoms with Crippen molar-refractivity contribution < 1.29 is 9.53 Å². The third kappa shape index (κ3) is 3.23. The number of carbonyl (C=O) groups is 1. The van der Waals surface area contributed by atoms with Crippen LogP contribution in [0, 0.1) is 0 Å². The van der Waals surface area contributed by atoms with E-state index in [1.54, 1.807) is 4.90 Å². The average Bonchev–Trinajstić information content (AvgIpc) is 2.54. The Morgan fingerprint density at radius 1 is 1.29 bits per heavy atom. The molecule has 2 aromatic carbocycles. The lowest BCUT2D eigenvalue weighted by Crippen LogP contribution is -2.45. The molecule has 4 nitrogen and oxygen atoms in total. The second-order valence-electron chi connectivity index (χ2n) is 5.44. The maximum atomic E-state index is 12.5. The van der Waals surface area contributed by atoms with Gasteiger partial charge >= 0.3 is 0 Å². The Kier molecular flexibility index (Phi) is 4.18. The predicted molar refractivity (Wildman–Crippen MR) is 83.5 cm³/mol. The van der Waals surface area contributed by atoms with Gasteiger partial charge in [0, 0.05) is 32.2 Å². The molecule has 4 heteroatoms. The second kappa shape index (κ2) is 6.24. The van der Waals surface area contributed by atoms with Crippen LogP contribution >= 0.6 is 0 Å². The number of hydrogen-bond donors (Lipinski definition) is 1. The molecular formula is C17H20N2O2. The fraction of sp³-hybridized carbons (Fsp3) is 0.353. The minimum Gasteiger partial charge on any atom is -0.374 e. The zero-order chi connectivity index (χ0) is 14.7. The van der Waals surface area contributed by atoms with Crippen molar-refractivity contribution in [3.63, 3.8) is 0 Å². The minimum atomic E-state index is 0.0370. The van der Waals surface area contributed by atoms with Gasteiger partial charge in [-0.1, -0.05) is 30.3 Å². The Labute approximate surface area is 124 Å². The quantitative estimate of drug-likeness (QED) is 0.936. The molecule has 0 bridgehead atoms. The summed E-state index contributed by atoms with van der Waals surface area (Å²) in [6.45, 7) is 3.01. The van der Waals surface area contributed by atoms with Gasteiger partial charge in [0.15, 0.2) is 0 Å². The molecule has 21 heavy (non-hydrogen) atoms. The summed E-state index contributed by atoms with van der Waals surface area (Å²) in [5.74, 6) is 0.0370. The Hall–Kier alpha value is -1.91. The highest BCUT2D eigenvalue weighted by Crippen LogP contribution is 2.16. The van der Waals surface area contributed by atoms with E-state index in [0.717, 1.165) is 29.4 Å². The SMILES string of the molecule is CN(CC1CNCCO1)C(=O)c1ccc2ccccc2c1. The van der Waals surface area contributed by atoms with Gasteiger partial charge in [-0.25, -0.2) is 0 Å². The molecule has 0 aromatic heterocycles. The van der Waals surface area contributed by atoms with E-state index in [2.05, 4.69) is 11.4 Å². The van der Waals surface area contributed by atoms with Crippen molar-refractivity contribution in [1.29, 1.82) is 0 Å². The van der Waals surface area contributed by atoms with Crippen LogP contribution in [-0.4, -0.2) is 50.2 Å². The molecule has 1 heterocycles. The van der Waals surface area contributed by atoms with Crippen molar-refractivity contribution in [3.8, 4) is 0 Å². The monoisotopic (exact) mass is 284 g/mol. The van der Waals surface area contributed by atoms with Gasteiger partial charge in [-0.2, -0.15) is 0 Å². The van der Waals surface area contributed by atoms with Gasteiger partial charge in [-0.3, -0.25) is 4.79 Å². The number of morpholine rings is 1. The van der Waals surface area contributed by atoms with Crippen molar-refractivity contribution in [2.45, 2.75) is 6.10 Å². The molecule has 2 aromatic rings. The molecule has 1 saturated heterocycles. The van der Waals surface area contributed by atoms with Crippen LogP contribution in [0.4, 0.5) is 0 Å². The fourth-order valence-electron chi connectivity index (χ4n) is 2.67. The fourth-order valence-corrected chi connectivity index (χ4v) is 2.67. The standard InChI is InChI=1S/C17H20N2O2/c1-19(12-16-11-18-8-9-21-16)17(20)15-7-6-13-4-2-3-5-14(13)10-15/h2-7,10,16,18H,8-9,11-12H2,1H3. The van der Waals surface area contributed by atoms with Crippen LogP contribution in [0.1, 0.15) is 10.4 Å². The van der Waals surface area contributed by atoms with Crippen LogP contribution in [0.3, 0.4) is 0 Å². The summed E-state index contributed by atoms with van der Waals surface area (Å²) >= 11 is 0. The van der Waals surface area contributed by atoms with E-state index < -0.39 is 0 Å². The molecule has 0 radical (unpaired) electrons. The summed E-state index contributed by atoms with van der Waals surface area (Å²) in [4.78, 5) is 14.2. The van der Waals surface area contributed by atoms with Crippen LogP contribution in [0.5, 0.6) is 0 Å².